The number of aliphatic carboxylic acids is 1. The average Bonchev–Trinajstić information content (AvgIpc) is 2.46. The van der Waals surface area contributed by atoms with Gasteiger partial charge in [-0.25, -0.2) is 0 Å². The lowest BCUT2D eigenvalue weighted by Crippen LogP contribution is -2.51. The van der Waals surface area contributed by atoms with Crippen molar-refractivity contribution in [3.8, 4) is 0 Å². The highest BCUT2D eigenvalue weighted by Crippen LogP contribution is 2.26. The molecule has 0 aromatic heterocycles. The first-order chi connectivity index (χ1) is 9.44. The Morgan fingerprint density at radius 3 is 2.30 bits per heavy atom. The topological polar surface area (TPSA) is 75.6 Å². The van der Waals surface area contributed by atoms with Crippen LogP contribution in [0.4, 0.5) is 0 Å². The van der Waals surface area contributed by atoms with E-state index >= 15 is 0 Å². The molecule has 0 bridgehead atoms. The number of rotatable bonds is 7. The van der Waals surface area contributed by atoms with Gasteiger partial charge in [0.25, 0.3) is 0 Å². The van der Waals surface area contributed by atoms with Gasteiger partial charge >= 0.3 is 5.97 Å². The number of nitrogens with one attached hydrogen (secondary N) is 1. The molecule has 1 aliphatic rings. The van der Waals surface area contributed by atoms with Crippen LogP contribution in [-0.4, -0.2) is 35.7 Å². The smallest absolute Gasteiger partial charge is 0.305 e. The Hall–Kier alpha value is -1.10. The molecule has 116 valence electrons. The van der Waals surface area contributed by atoms with Crippen molar-refractivity contribution in [2.24, 2.45) is 11.8 Å². The maximum absolute atomic E-state index is 12.4. The third kappa shape index (κ3) is 4.47. The van der Waals surface area contributed by atoms with Crippen LogP contribution in [0.15, 0.2) is 0 Å². The van der Waals surface area contributed by atoms with Gasteiger partial charge in [0.15, 0.2) is 0 Å². The van der Waals surface area contributed by atoms with Crippen molar-refractivity contribution >= 4 is 11.9 Å². The third-order valence-corrected chi connectivity index (χ3v) is 4.62. The number of hydrogen-bond donors (Lipinski definition) is 2. The summed E-state index contributed by atoms with van der Waals surface area (Å²) >= 11 is 0. The standard InChI is InChI=1S/C15H27NO4/c1-4-15(5-2,10-13(17)18)16-14(19)11(3)12-6-8-20-9-7-12/h11-12H,4-10H2,1-3H3,(H,16,19)(H,17,18). The minimum atomic E-state index is -0.868. The van der Waals surface area contributed by atoms with Gasteiger partial charge in [-0.05, 0) is 31.6 Å². The van der Waals surface area contributed by atoms with Crippen molar-refractivity contribution in [3.63, 3.8) is 0 Å². The van der Waals surface area contributed by atoms with E-state index in [4.69, 9.17) is 9.84 Å². The van der Waals surface area contributed by atoms with Crippen LogP contribution in [0, 0.1) is 11.8 Å². The lowest BCUT2D eigenvalue weighted by atomic mass is 9.84. The minimum Gasteiger partial charge on any atom is -0.481 e. The van der Waals surface area contributed by atoms with Crippen LogP contribution < -0.4 is 5.32 Å². The molecule has 0 radical (unpaired) electrons. The van der Waals surface area contributed by atoms with Crippen LogP contribution in [-0.2, 0) is 14.3 Å². The van der Waals surface area contributed by atoms with Gasteiger partial charge in [-0.2, -0.15) is 0 Å². The lowest BCUT2D eigenvalue weighted by Gasteiger charge is -2.35. The second-order valence-electron chi connectivity index (χ2n) is 5.79. The number of hydrogen-bond acceptors (Lipinski definition) is 3. The van der Waals surface area contributed by atoms with Crippen molar-refractivity contribution in [1.82, 2.24) is 5.32 Å². The molecular weight excluding hydrogens is 258 g/mol. The van der Waals surface area contributed by atoms with Crippen LogP contribution in [0.1, 0.15) is 52.9 Å². The highest BCUT2D eigenvalue weighted by atomic mass is 16.5. The summed E-state index contributed by atoms with van der Waals surface area (Å²) in [5.41, 5.74) is -0.623. The minimum absolute atomic E-state index is 0.0216. The molecule has 1 atom stereocenters. The van der Waals surface area contributed by atoms with Gasteiger partial charge in [0, 0.05) is 24.7 Å². The molecule has 1 rings (SSSR count). The van der Waals surface area contributed by atoms with E-state index in [0.717, 1.165) is 12.8 Å². The van der Waals surface area contributed by atoms with Crippen LogP contribution in [0.25, 0.3) is 0 Å². The van der Waals surface area contributed by atoms with Crippen molar-refractivity contribution in [3.05, 3.63) is 0 Å². The predicted molar refractivity (Wildman–Crippen MR) is 76.4 cm³/mol. The van der Waals surface area contributed by atoms with Gasteiger partial charge in [0.2, 0.25) is 5.91 Å². The highest BCUT2D eigenvalue weighted by molar-refractivity contribution is 5.80. The molecule has 0 aliphatic carbocycles. The Morgan fingerprint density at radius 2 is 1.85 bits per heavy atom. The molecule has 0 spiro atoms. The summed E-state index contributed by atoms with van der Waals surface area (Å²) in [6.07, 6.45) is 3.04. The molecule has 5 heteroatoms. The van der Waals surface area contributed by atoms with Gasteiger partial charge in [0.1, 0.15) is 0 Å². The van der Waals surface area contributed by atoms with Crippen LogP contribution in [0.5, 0.6) is 0 Å². The fourth-order valence-corrected chi connectivity index (χ4v) is 2.82. The number of carbonyl (C=O) groups excluding carboxylic acids is 1. The average molecular weight is 285 g/mol. The molecule has 20 heavy (non-hydrogen) atoms. The summed E-state index contributed by atoms with van der Waals surface area (Å²) < 4.78 is 5.32. The van der Waals surface area contributed by atoms with Crippen LogP contribution >= 0.6 is 0 Å². The van der Waals surface area contributed by atoms with E-state index in [-0.39, 0.29) is 18.2 Å². The number of amides is 1. The summed E-state index contributed by atoms with van der Waals surface area (Å²) in [5.74, 6) is -0.653. The SMILES string of the molecule is CCC(CC)(CC(=O)O)NC(=O)C(C)C1CCOCC1. The van der Waals surface area contributed by atoms with E-state index < -0.39 is 11.5 Å². The van der Waals surface area contributed by atoms with E-state index in [1.807, 2.05) is 20.8 Å². The lowest BCUT2D eigenvalue weighted by molar-refractivity contribution is -0.139. The monoisotopic (exact) mass is 285 g/mol. The number of carboxylic acids is 1. The molecule has 2 N–H and O–H groups in total. The molecule has 5 nitrogen and oxygen atoms in total. The molecule has 1 unspecified atom stereocenters. The zero-order valence-corrected chi connectivity index (χ0v) is 12.8. The highest BCUT2D eigenvalue weighted by Gasteiger charge is 2.34. The van der Waals surface area contributed by atoms with E-state index in [0.29, 0.717) is 32.0 Å². The first-order valence-corrected chi connectivity index (χ1v) is 7.55. The van der Waals surface area contributed by atoms with Gasteiger partial charge in [-0.3, -0.25) is 9.59 Å². The normalized spacial score (nSPS) is 18.6. The Balaban J connectivity index is 2.66. The van der Waals surface area contributed by atoms with Crippen molar-refractivity contribution in [2.45, 2.75) is 58.4 Å². The molecule has 1 aliphatic heterocycles. The third-order valence-electron chi connectivity index (χ3n) is 4.62. The molecule has 0 aromatic rings. The molecular formula is C15H27NO4. The maximum atomic E-state index is 12.4. The molecule has 1 heterocycles. The van der Waals surface area contributed by atoms with Gasteiger partial charge in [-0.1, -0.05) is 20.8 Å². The molecule has 0 saturated carbocycles. The van der Waals surface area contributed by atoms with Gasteiger partial charge in [-0.15, -0.1) is 0 Å². The first-order valence-electron chi connectivity index (χ1n) is 7.55. The van der Waals surface area contributed by atoms with Gasteiger partial charge in [0.05, 0.1) is 6.42 Å². The predicted octanol–water partition coefficient (Wildman–Crippen LogP) is 2.20. The summed E-state index contributed by atoms with van der Waals surface area (Å²) in [7, 11) is 0. The summed E-state index contributed by atoms with van der Waals surface area (Å²) in [6, 6.07) is 0. The molecule has 1 fully saturated rings. The van der Waals surface area contributed by atoms with E-state index in [2.05, 4.69) is 5.32 Å². The number of carbonyl (C=O) groups is 2. The van der Waals surface area contributed by atoms with Crippen LogP contribution in [0.3, 0.4) is 0 Å². The molecule has 0 aromatic carbocycles. The molecule has 1 amide bonds. The number of ether oxygens (including phenoxy) is 1. The summed E-state index contributed by atoms with van der Waals surface area (Å²) in [5, 5.41) is 12.0. The van der Waals surface area contributed by atoms with Crippen molar-refractivity contribution < 1.29 is 19.4 Å². The number of carboxylic acid groups (broad SMARTS) is 1. The van der Waals surface area contributed by atoms with Crippen molar-refractivity contribution in [1.29, 1.82) is 0 Å². The maximum Gasteiger partial charge on any atom is 0.305 e. The zero-order valence-electron chi connectivity index (χ0n) is 12.8. The Bertz CT molecular complexity index is 333. The second kappa shape index (κ2) is 7.62. The van der Waals surface area contributed by atoms with Crippen LogP contribution in [0.2, 0.25) is 0 Å². The Kier molecular flexibility index (Phi) is 6.46. The fourth-order valence-electron chi connectivity index (χ4n) is 2.82. The summed E-state index contributed by atoms with van der Waals surface area (Å²) in [4.78, 5) is 23.4. The first kappa shape index (κ1) is 17.0. The van der Waals surface area contributed by atoms with E-state index in [1.54, 1.807) is 0 Å². The Labute approximate surface area is 121 Å². The summed E-state index contributed by atoms with van der Waals surface area (Å²) in [6.45, 7) is 7.20. The fraction of sp³-hybridized carbons (Fsp3) is 0.867. The molecule has 1 saturated heterocycles. The van der Waals surface area contributed by atoms with E-state index in [9.17, 15) is 9.59 Å². The van der Waals surface area contributed by atoms with E-state index in [1.165, 1.54) is 0 Å². The zero-order chi connectivity index (χ0) is 15.2. The van der Waals surface area contributed by atoms with Gasteiger partial charge < -0.3 is 15.2 Å². The second-order valence-corrected chi connectivity index (χ2v) is 5.79. The van der Waals surface area contributed by atoms with Crippen molar-refractivity contribution in [2.75, 3.05) is 13.2 Å². The Morgan fingerprint density at radius 1 is 1.30 bits per heavy atom. The largest absolute Gasteiger partial charge is 0.481 e. The quantitative estimate of drug-likeness (QED) is 0.752.